The van der Waals surface area contributed by atoms with Crippen molar-refractivity contribution in [3.8, 4) is 0 Å². The molecule has 130 valence electrons. The fourth-order valence-corrected chi connectivity index (χ4v) is 2.31. The molecular weight excluding hydrogens is 310 g/mol. The summed E-state index contributed by atoms with van der Waals surface area (Å²) in [6.45, 7) is 5.37. The van der Waals surface area contributed by atoms with Crippen molar-refractivity contribution in [2.45, 2.75) is 45.3 Å². The lowest BCUT2D eigenvalue weighted by molar-refractivity contribution is -0.129. The molecule has 1 saturated carbocycles. The molecule has 0 unspecified atom stereocenters. The highest BCUT2D eigenvalue weighted by molar-refractivity contribution is 5.95. The SMILES string of the molecule is CC(C)(C)OC(=O)NC1CC(C(=O)NNC(=O)c2ccccc2)C1. The normalized spacial score (nSPS) is 19.6. The molecule has 7 heteroatoms. The van der Waals surface area contributed by atoms with Gasteiger partial charge >= 0.3 is 6.09 Å². The Hall–Kier alpha value is -2.57. The summed E-state index contributed by atoms with van der Waals surface area (Å²) in [6, 6.07) is 8.53. The molecule has 1 aliphatic carbocycles. The second-order valence-electron chi connectivity index (χ2n) is 6.82. The van der Waals surface area contributed by atoms with Crippen LogP contribution in [-0.2, 0) is 9.53 Å². The second kappa shape index (κ2) is 7.33. The highest BCUT2D eigenvalue weighted by Crippen LogP contribution is 2.27. The molecule has 1 fully saturated rings. The van der Waals surface area contributed by atoms with Crippen molar-refractivity contribution in [3.63, 3.8) is 0 Å². The number of carbonyl (C=O) groups is 3. The number of rotatable bonds is 3. The molecule has 3 amide bonds. The molecule has 0 bridgehead atoms. The smallest absolute Gasteiger partial charge is 0.407 e. The molecule has 24 heavy (non-hydrogen) atoms. The molecule has 2 rings (SSSR count). The summed E-state index contributed by atoms with van der Waals surface area (Å²) in [4.78, 5) is 35.4. The maximum absolute atomic E-state index is 12.0. The minimum absolute atomic E-state index is 0.0829. The quantitative estimate of drug-likeness (QED) is 0.734. The Morgan fingerprint density at radius 1 is 1.04 bits per heavy atom. The van der Waals surface area contributed by atoms with E-state index in [1.54, 1.807) is 45.0 Å². The van der Waals surface area contributed by atoms with Crippen molar-refractivity contribution in [2.75, 3.05) is 0 Å². The van der Waals surface area contributed by atoms with E-state index in [1.165, 1.54) is 0 Å². The molecule has 1 aromatic rings. The highest BCUT2D eigenvalue weighted by atomic mass is 16.6. The van der Waals surface area contributed by atoms with Gasteiger partial charge in [-0.1, -0.05) is 18.2 Å². The van der Waals surface area contributed by atoms with Crippen LogP contribution in [0.5, 0.6) is 0 Å². The third-order valence-corrected chi connectivity index (χ3v) is 3.56. The van der Waals surface area contributed by atoms with Crippen LogP contribution in [0.25, 0.3) is 0 Å². The monoisotopic (exact) mass is 333 g/mol. The van der Waals surface area contributed by atoms with Crippen molar-refractivity contribution in [2.24, 2.45) is 5.92 Å². The molecule has 0 radical (unpaired) electrons. The first-order valence-corrected chi connectivity index (χ1v) is 7.89. The number of nitrogens with one attached hydrogen (secondary N) is 3. The Bertz CT molecular complexity index is 604. The number of alkyl carbamates (subject to hydrolysis) is 1. The van der Waals surface area contributed by atoms with Gasteiger partial charge in [0.15, 0.2) is 0 Å². The molecule has 3 N–H and O–H groups in total. The van der Waals surface area contributed by atoms with Gasteiger partial charge in [0, 0.05) is 17.5 Å². The molecule has 1 aromatic carbocycles. The maximum Gasteiger partial charge on any atom is 0.407 e. The van der Waals surface area contributed by atoms with Crippen LogP contribution in [0.15, 0.2) is 30.3 Å². The zero-order chi connectivity index (χ0) is 17.7. The number of benzene rings is 1. The first-order valence-electron chi connectivity index (χ1n) is 7.89. The average Bonchev–Trinajstić information content (AvgIpc) is 2.47. The number of carbonyl (C=O) groups excluding carboxylic acids is 3. The number of hydrazine groups is 1. The van der Waals surface area contributed by atoms with Crippen LogP contribution < -0.4 is 16.2 Å². The number of amides is 3. The topological polar surface area (TPSA) is 96.5 Å². The number of hydrogen-bond acceptors (Lipinski definition) is 4. The van der Waals surface area contributed by atoms with Gasteiger partial charge in [0.2, 0.25) is 5.91 Å². The van der Waals surface area contributed by atoms with Crippen molar-refractivity contribution < 1.29 is 19.1 Å². The number of hydrogen-bond donors (Lipinski definition) is 3. The van der Waals surface area contributed by atoms with Crippen LogP contribution in [-0.4, -0.2) is 29.6 Å². The molecule has 0 heterocycles. The van der Waals surface area contributed by atoms with E-state index in [-0.39, 0.29) is 23.8 Å². The van der Waals surface area contributed by atoms with E-state index in [0.717, 1.165) is 0 Å². The maximum atomic E-state index is 12.0. The van der Waals surface area contributed by atoms with Gasteiger partial charge in [-0.15, -0.1) is 0 Å². The van der Waals surface area contributed by atoms with Crippen LogP contribution in [0.2, 0.25) is 0 Å². The number of ether oxygens (including phenoxy) is 1. The fourth-order valence-electron chi connectivity index (χ4n) is 2.31. The minimum Gasteiger partial charge on any atom is -0.444 e. The highest BCUT2D eigenvalue weighted by Gasteiger charge is 2.36. The van der Waals surface area contributed by atoms with Gasteiger partial charge in [-0.2, -0.15) is 0 Å². The van der Waals surface area contributed by atoms with Gasteiger partial charge in [0.05, 0.1) is 0 Å². The third-order valence-electron chi connectivity index (χ3n) is 3.56. The minimum atomic E-state index is -0.549. The first-order chi connectivity index (χ1) is 11.2. The Labute approximate surface area is 141 Å². The molecule has 0 atom stereocenters. The second-order valence-corrected chi connectivity index (χ2v) is 6.82. The van der Waals surface area contributed by atoms with Crippen LogP contribution in [0.4, 0.5) is 4.79 Å². The molecule has 7 nitrogen and oxygen atoms in total. The van der Waals surface area contributed by atoms with Crippen LogP contribution >= 0.6 is 0 Å². The van der Waals surface area contributed by atoms with Crippen molar-refractivity contribution in [3.05, 3.63) is 35.9 Å². The summed E-state index contributed by atoms with van der Waals surface area (Å²) in [5.74, 6) is -0.866. The summed E-state index contributed by atoms with van der Waals surface area (Å²) in [7, 11) is 0. The van der Waals surface area contributed by atoms with Gasteiger partial charge in [0.1, 0.15) is 5.60 Å². The van der Waals surface area contributed by atoms with E-state index in [9.17, 15) is 14.4 Å². The molecular formula is C17H23N3O4. The van der Waals surface area contributed by atoms with Crippen molar-refractivity contribution >= 4 is 17.9 Å². The van der Waals surface area contributed by atoms with E-state index in [0.29, 0.717) is 18.4 Å². The van der Waals surface area contributed by atoms with Crippen molar-refractivity contribution in [1.82, 2.24) is 16.2 Å². The van der Waals surface area contributed by atoms with Crippen LogP contribution in [0.3, 0.4) is 0 Å². The fraction of sp³-hybridized carbons (Fsp3) is 0.471. The van der Waals surface area contributed by atoms with Gasteiger partial charge in [-0.3, -0.25) is 20.4 Å². The predicted octanol–water partition coefficient (Wildman–Crippen LogP) is 1.75. The predicted molar refractivity (Wildman–Crippen MR) is 87.9 cm³/mol. The summed E-state index contributed by atoms with van der Waals surface area (Å²) in [5.41, 5.74) is 4.72. The van der Waals surface area contributed by atoms with Gasteiger partial charge < -0.3 is 10.1 Å². The van der Waals surface area contributed by atoms with E-state index in [4.69, 9.17) is 4.74 Å². The van der Waals surface area contributed by atoms with Crippen LogP contribution in [0.1, 0.15) is 44.0 Å². The van der Waals surface area contributed by atoms with Crippen LogP contribution in [0, 0.1) is 5.92 Å². The van der Waals surface area contributed by atoms with E-state index < -0.39 is 11.7 Å². The molecule has 0 aliphatic heterocycles. The largest absolute Gasteiger partial charge is 0.444 e. The Morgan fingerprint density at radius 3 is 2.25 bits per heavy atom. The molecule has 0 spiro atoms. The third kappa shape index (κ3) is 5.26. The average molecular weight is 333 g/mol. The standard InChI is InChI=1S/C17H23N3O4/c1-17(2,3)24-16(23)18-13-9-12(10-13)15(22)20-19-14(21)11-7-5-4-6-8-11/h4-8,12-13H,9-10H2,1-3H3,(H,18,23)(H,19,21)(H,20,22). The molecule has 0 aromatic heterocycles. The van der Waals surface area contributed by atoms with E-state index in [2.05, 4.69) is 16.2 Å². The summed E-state index contributed by atoms with van der Waals surface area (Å²) >= 11 is 0. The molecule has 0 saturated heterocycles. The Balaban J connectivity index is 1.67. The molecule has 1 aliphatic rings. The lowest BCUT2D eigenvalue weighted by atomic mass is 9.80. The van der Waals surface area contributed by atoms with E-state index >= 15 is 0 Å². The van der Waals surface area contributed by atoms with Gasteiger partial charge in [-0.25, -0.2) is 4.79 Å². The van der Waals surface area contributed by atoms with Gasteiger partial charge in [0.25, 0.3) is 5.91 Å². The van der Waals surface area contributed by atoms with Gasteiger partial charge in [-0.05, 0) is 45.7 Å². The first kappa shape index (κ1) is 17.8. The summed E-state index contributed by atoms with van der Waals surface area (Å²) in [6.07, 6.45) is 0.558. The summed E-state index contributed by atoms with van der Waals surface area (Å²) in [5, 5.41) is 2.72. The Morgan fingerprint density at radius 2 is 1.67 bits per heavy atom. The summed E-state index contributed by atoms with van der Waals surface area (Å²) < 4.78 is 5.16. The van der Waals surface area contributed by atoms with E-state index in [1.807, 2.05) is 6.07 Å². The zero-order valence-electron chi connectivity index (χ0n) is 14.1. The van der Waals surface area contributed by atoms with Crippen molar-refractivity contribution in [1.29, 1.82) is 0 Å². The lowest BCUT2D eigenvalue weighted by Gasteiger charge is -2.35. The Kier molecular flexibility index (Phi) is 5.43. The lowest BCUT2D eigenvalue weighted by Crippen LogP contribution is -2.53. The zero-order valence-corrected chi connectivity index (χ0v) is 14.1.